The van der Waals surface area contributed by atoms with Gasteiger partial charge in [0, 0.05) is 11.6 Å². The second-order valence-electron chi connectivity index (χ2n) is 5.29. The lowest BCUT2D eigenvalue weighted by atomic mass is 10.1. The van der Waals surface area contributed by atoms with Gasteiger partial charge in [-0.05, 0) is 42.1 Å². The van der Waals surface area contributed by atoms with Crippen molar-refractivity contribution in [2.75, 3.05) is 5.32 Å². The van der Waals surface area contributed by atoms with Gasteiger partial charge in [-0.1, -0.05) is 12.1 Å². The van der Waals surface area contributed by atoms with Gasteiger partial charge in [0.15, 0.2) is 0 Å². The van der Waals surface area contributed by atoms with Crippen molar-refractivity contribution in [1.29, 1.82) is 0 Å². The van der Waals surface area contributed by atoms with Crippen LogP contribution in [0, 0.1) is 6.92 Å². The molecule has 4 nitrogen and oxygen atoms in total. The Balaban J connectivity index is 1.64. The molecular formula is C18H13N3OS2. The van der Waals surface area contributed by atoms with Gasteiger partial charge in [0.05, 0.1) is 22.3 Å². The van der Waals surface area contributed by atoms with E-state index in [1.165, 1.54) is 11.3 Å². The molecule has 0 aliphatic heterocycles. The molecule has 4 rings (SSSR count). The van der Waals surface area contributed by atoms with Crippen LogP contribution in [0.4, 0.5) is 5.69 Å². The summed E-state index contributed by atoms with van der Waals surface area (Å²) in [6, 6.07) is 11.7. The Hall–Kier alpha value is -2.57. The van der Waals surface area contributed by atoms with Crippen LogP contribution in [-0.4, -0.2) is 15.9 Å². The lowest BCUT2D eigenvalue weighted by Crippen LogP contribution is -2.10. The fourth-order valence-corrected chi connectivity index (χ4v) is 4.12. The first kappa shape index (κ1) is 15.0. The Kier molecular flexibility index (Phi) is 3.84. The number of pyridine rings is 1. The number of rotatable bonds is 3. The highest BCUT2D eigenvalue weighted by molar-refractivity contribution is 7.22. The van der Waals surface area contributed by atoms with E-state index in [1.807, 2.05) is 48.7 Å². The number of benzene rings is 1. The molecule has 0 saturated carbocycles. The summed E-state index contributed by atoms with van der Waals surface area (Å²) in [5.41, 5.74) is 2.75. The second kappa shape index (κ2) is 6.14. The Morgan fingerprint density at radius 3 is 2.88 bits per heavy atom. The number of nitrogens with zero attached hydrogens (tertiary/aromatic N) is 2. The van der Waals surface area contributed by atoms with Gasteiger partial charge in [0.25, 0.3) is 5.91 Å². The predicted octanol–water partition coefficient (Wildman–Crippen LogP) is 4.98. The van der Waals surface area contributed by atoms with E-state index < -0.39 is 0 Å². The number of aromatic nitrogens is 2. The number of anilines is 1. The molecule has 1 aromatic carbocycles. The Morgan fingerprint density at radius 2 is 2.04 bits per heavy atom. The summed E-state index contributed by atoms with van der Waals surface area (Å²) in [4.78, 5) is 23.0. The maximum Gasteiger partial charge on any atom is 0.267 e. The molecule has 118 valence electrons. The van der Waals surface area contributed by atoms with Crippen LogP contribution >= 0.6 is 22.7 Å². The van der Waals surface area contributed by atoms with Gasteiger partial charge in [0.2, 0.25) is 0 Å². The van der Waals surface area contributed by atoms with Gasteiger partial charge in [-0.25, -0.2) is 4.98 Å². The molecule has 0 unspecified atom stereocenters. The number of fused-ring (bicyclic) bond motifs is 1. The third-order valence-electron chi connectivity index (χ3n) is 3.68. The highest BCUT2D eigenvalue weighted by atomic mass is 32.1. The number of thiazole rings is 1. The van der Waals surface area contributed by atoms with Gasteiger partial charge >= 0.3 is 0 Å². The summed E-state index contributed by atoms with van der Waals surface area (Å²) in [7, 11) is 0. The third kappa shape index (κ3) is 2.70. The molecule has 0 radical (unpaired) electrons. The first-order chi connectivity index (χ1) is 11.7. The molecule has 4 aromatic rings. The zero-order valence-electron chi connectivity index (χ0n) is 12.8. The summed E-state index contributed by atoms with van der Waals surface area (Å²) < 4.78 is 0. The number of hydrogen-bond donors (Lipinski definition) is 1. The molecule has 1 N–H and O–H groups in total. The quantitative estimate of drug-likeness (QED) is 0.566. The molecule has 1 amide bonds. The van der Waals surface area contributed by atoms with Crippen molar-refractivity contribution in [2.45, 2.75) is 6.92 Å². The normalized spacial score (nSPS) is 10.9. The lowest BCUT2D eigenvalue weighted by Gasteiger charge is -2.09. The minimum Gasteiger partial charge on any atom is -0.321 e. The minimum atomic E-state index is -0.149. The van der Waals surface area contributed by atoms with Crippen LogP contribution in [-0.2, 0) is 0 Å². The number of thiophene rings is 1. The number of carbonyl (C=O) groups is 1. The number of amides is 1. The summed E-state index contributed by atoms with van der Waals surface area (Å²) in [6.07, 6.45) is 3.39. The fraction of sp³-hybridized carbons (Fsp3) is 0.0556. The average molecular weight is 351 g/mol. The molecule has 0 aliphatic rings. The maximum atomic E-state index is 12.6. The van der Waals surface area contributed by atoms with Crippen LogP contribution in [0.25, 0.3) is 20.8 Å². The van der Waals surface area contributed by atoms with Crippen molar-refractivity contribution in [3.8, 4) is 9.88 Å². The van der Waals surface area contributed by atoms with Crippen molar-refractivity contribution in [3.63, 3.8) is 0 Å². The Bertz CT molecular complexity index is 1020. The van der Waals surface area contributed by atoms with Crippen molar-refractivity contribution < 1.29 is 4.79 Å². The van der Waals surface area contributed by atoms with E-state index in [4.69, 9.17) is 0 Å². The number of nitrogens with one attached hydrogen (secondary N) is 1. The number of carbonyl (C=O) groups excluding carboxylic acids is 1. The zero-order valence-corrected chi connectivity index (χ0v) is 14.4. The molecule has 0 atom stereocenters. The molecule has 3 aromatic heterocycles. The molecule has 24 heavy (non-hydrogen) atoms. The van der Waals surface area contributed by atoms with Gasteiger partial charge in [-0.3, -0.25) is 9.78 Å². The van der Waals surface area contributed by atoms with Gasteiger partial charge < -0.3 is 5.32 Å². The van der Waals surface area contributed by atoms with E-state index in [1.54, 1.807) is 23.7 Å². The second-order valence-corrected chi connectivity index (χ2v) is 7.27. The fourth-order valence-electron chi connectivity index (χ4n) is 2.50. The Labute approximate surface area is 146 Å². The van der Waals surface area contributed by atoms with Crippen molar-refractivity contribution in [1.82, 2.24) is 9.97 Å². The van der Waals surface area contributed by atoms with Crippen LogP contribution in [0.15, 0.2) is 54.2 Å². The molecule has 6 heteroatoms. The van der Waals surface area contributed by atoms with E-state index in [9.17, 15) is 4.79 Å². The van der Waals surface area contributed by atoms with Crippen LogP contribution in [0.2, 0.25) is 0 Å². The number of hydrogen-bond acceptors (Lipinski definition) is 5. The SMILES string of the molecule is Cc1ccc(NC(=O)c2cnc(-c3cccs3)s2)c2cccnc12. The van der Waals surface area contributed by atoms with Gasteiger partial charge in [-0.2, -0.15) is 0 Å². The molecule has 0 saturated heterocycles. The molecule has 3 heterocycles. The first-order valence-corrected chi connectivity index (χ1v) is 9.07. The monoisotopic (exact) mass is 351 g/mol. The minimum absolute atomic E-state index is 0.149. The van der Waals surface area contributed by atoms with Crippen LogP contribution in [0.1, 0.15) is 15.2 Å². The van der Waals surface area contributed by atoms with E-state index in [0.717, 1.165) is 32.0 Å². The topological polar surface area (TPSA) is 54.9 Å². The predicted molar refractivity (Wildman–Crippen MR) is 99.9 cm³/mol. The number of aryl methyl sites for hydroxylation is 1. The maximum absolute atomic E-state index is 12.6. The van der Waals surface area contributed by atoms with Gasteiger partial charge in [0.1, 0.15) is 9.88 Å². The third-order valence-corrected chi connectivity index (χ3v) is 5.72. The molecule has 0 fully saturated rings. The van der Waals surface area contributed by atoms with Gasteiger partial charge in [-0.15, -0.1) is 22.7 Å². The summed E-state index contributed by atoms with van der Waals surface area (Å²) >= 11 is 3.01. The smallest absolute Gasteiger partial charge is 0.267 e. The van der Waals surface area contributed by atoms with E-state index in [0.29, 0.717) is 4.88 Å². The average Bonchev–Trinajstić information content (AvgIpc) is 3.28. The molecular weight excluding hydrogens is 338 g/mol. The van der Waals surface area contributed by atoms with Crippen molar-refractivity contribution in [3.05, 3.63) is 64.6 Å². The van der Waals surface area contributed by atoms with Crippen LogP contribution < -0.4 is 5.32 Å². The highest BCUT2D eigenvalue weighted by Crippen LogP contribution is 2.30. The van der Waals surface area contributed by atoms with Crippen molar-refractivity contribution in [2.24, 2.45) is 0 Å². The molecule has 0 spiro atoms. The largest absolute Gasteiger partial charge is 0.321 e. The molecule has 0 bridgehead atoms. The highest BCUT2D eigenvalue weighted by Gasteiger charge is 2.14. The summed E-state index contributed by atoms with van der Waals surface area (Å²) in [6.45, 7) is 2.01. The van der Waals surface area contributed by atoms with Crippen LogP contribution in [0.3, 0.4) is 0 Å². The first-order valence-electron chi connectivity index (χ1n) is 7.38. The summed E-state index contributed by atoms with van der Waals surface area (Å²) in [5.74, 6) is -0.149. The molecule has 0 aliphatic carbocycles. The standard InChI is InChI=1S/C18H13N3OS2/c1-11-6-7-13(12-4-2-8-19-16(11)12)21-17(22)15-10-20-18(24-15)14-5-3-9-23-14/h2-10H,1H3,(H,21,22). The van der Waals surface area contributed by atoms with E-state index in [-0.39, 0.29) is 5.91 Å². The van der Waals surface area contributed by atoms with Crippen LogP contribution in [0.5, 0.6) is 0 Å². The lowest BCUT2D eigenvalue weighted by molar-refractivity contribution is 0.103. The van der Waals surface area contributed by atoms with Crippen molar-refractivity contribution >= 4 is 45.2 Å². The summed E-state index contributed by atoms with van der Waals surface area (Å²) in [5, 5.41) is 6.79. The zero-order chi connectivity index (χ0) is 16.5. The van der Waals surface area contributed by atoms with E-state index >= 15 is 0 Å². The Morgan fingerprint density at radius 1 is 1.12 bits per heavy atom. The van der Waals surface area contributed by atoms with E-state index in [2.05, 4.69) is 15.3 Å².